The Morgan fingerprint density at radius 2 is 2.00 bits per heavy atom. The molecule has 102 valence electrons. The van der Waals surface area contributed by atoms with Gasteiger partial charge in [-0.05, 0) is 54.5 Å². The lowest BCUT2D eigenvalue weighted by molar-refractivity contribution is 0.208. The van der Waals surface area contributed by atoms with E-state index in [0.717, 1.165) is 25.1 Å². The van der Waals surface area contributed by atoms with Crippen LogP contribution < -0.4 is 5.32 Å². The third-order valence-corrected chi connectivity index (χ3v) is 4.07. The van der Waals surface area contributed by atoms with E-state index >= 15 is 0 Å². The number of benzene rings is 1. The average molecular weight is 251 g/mol. The van der Waals surface area contributed by atoms with Crippen molar-refractivity contribution in [3.05, 3.63) is 35.1 Å². The van der Waals surface area contributed by atoms with E-state index < -0.39 is 0 Å². The molecule has 0 fully saturated rings. The molecule has 0 amide bonds. The fraction of sp³-hybridized carbons (Fsp3) is 0.625. The summed E-state index contributed by atoms with van der Waals surface area (Å²) in [6.07, 6.45) is 0.990. The standard InChI is InChI=1S/C16H26FN/c1-6-18-11-16(5,12(2)3)10-14-7-8-15(17)9-13(14)4/h7-9,12,18H,6,10-11H2,1-5H3. The molecule has 2 heteroatoms. The van der Waals surface area contributed by atoms with Crippen molar-refractivity contribution in [3.8, 4) is 0 Å². The summed E-state index contributed by atoms with van der Waals surface area (Å²) in [5.74, 6) is 0.440. The molecule has 0 radical (unpaired) electrons. The summed E-state index contributed by atoms with van der Waals surface area (Å²) in [6.45, 7) is 12.9. The monoisotopic (exact) mass is 251 g/mol. The number of halogens is 1. The lowest BCUT2D eigenvalue weighted by Crippen LogP contribution is -2.38. The normalized spacial score (nSPS) is 14.8. The van der Waals surface area contributed by atoms with Crippen molar-refractivity contribution in [2.24, 2.45) is 11.3 Å². The van der Waals surface area contributed by atoms with Crippen LogP contribution in [0.15, 0.2) is 18.2 Å². The third-order valence-electron chi connectivity index (χ3n) is 4.07. The molecule has 0 aliphatic carbocycles. The van der Waals surface area contributed by atoms with Gasteiger partial charge in [-0.1, -0.05) is 33.8 Å². The molecule has 18 heavy (non-hydrogen) atoms. The molecule has 1 atom stereocenters. The fourth-order valence-electron chi connectivity index (χ4n) is 2.17. The summed E-state index contributed by atoms with van der Waals surface area (Å²) in [6, 6.07) is 5.12. The molecule has 1 nitrogen and oxygen atoms in total. The van der Waals surface area contributed by atoms with E-state index in [1.54, 1.807) is 12.1 Å². The minimum atomic E-state index is -0.144. The molecule has 0 saturated carbocycles. The topological polar surface area (TPSA) is 12.0 Å². The van der Waals surface area contributed by atoms with Crippen LogP contribution in [0.5, 0.6) is 0 Å². The smallest absolute Gasteiger partial charge is 0.123 e. The van der Waals surface area contributed by atoms with Crippen molar-refractivity contribution in [3.63, 3.8) is 0 Å². The molecular formula is C16H26FN. The predicted octanol–water partition coefficient (Wildman–Crippen LogP) is 3.95. The molecule has 0 spiro atoms. The van der Waals surface area contributed by atoms with Gasteiger partial charge in [0, 0.05) is 6.54 Å². The first-order valence-corrected chi connectivity index (χ1v) is 6.85. The average Bonchev–Trinajstić information content (AvgIpc) is 2.30. The van der Waals surface area contributed by atoms with Crippen LogP contribution in [-0.2, 0) is 6.42 Å². The van der Waals surface area contributed by atoms with Crippen LogP contribution >= 0.6 is 0 Å². The van der Waals surface area contributed by atoms with Crippen molar-refractivity contribution in [1.29, 1.82) is 0 Å². The highest BCUT2D eigenvalue weighted by Crippen LogP contribution is 2.31. The highest BCUT2D eigenvalue weighted by Gasteiger charge is 2.28. The molecule has 1 rings (SSSR count). The molecule has 1 unspecified atom stereocenters. The Morgan fingerprint density at radius 3 is 2.50 bits per heavy atom. The van der Waals surface area contributed by atoms with E-state index in [1.807, 2.05) is 13.0 Å². The van der Waals surface area contributed by atoms with Gasteiger partial charge in [0.2, 0.25) is 0 Å². The zero-order chi connectivity index (χ0) is 13.8. The highest BCUT2D eigenvalue weighted by atomic mass is 19.1. The van der Waals surface area contributed by atoms with Crippen LogP contribution in [0, 0.1) is 24.1 Å². The minimum Gasteiger partial charge on any atom is -0.316 e. The first-order valence-electron chi connectivity index (χ1n) is 6.85. The van der Waals surface area contributed by atoms with Crippen molar-refractivity contribution in [2.75, 3.05) is 13.1 Å². The van der Waals surface area contributed by atoms with Crippen molar-refractivity contribution >= 4 is 0 Å². The molecule has 1 N–H and O–H groups in total. The van der Waals surface area contributed by atoms with Crippen LogP contribution in [0.4, 0.5) is 4.39 Å². The number of nitrogens with one attached hydrogen (secondary N) is 1. The first-order chi connectivity index (χ1) is 8.39. The van der Waals surface area contributed by atoms with Gasteiger partial charge in [-0.25, -0.2) is 4.39 Å². The Bertz CT molecular complexity index is 387. The Morgan fingerprint density at radius 1 is 1.33 bits per heavy atom. The van der Waals surface area contributed by atoms with Crippen LogP contribution in [-0.4, -0.2) is 13.1 Å². The van der Waals surface area contributed by atoms with E-state index in [-0.39, 0.29) is 11.2 Å². The Kier molecular flexibility index (Phi) is 5.33. The highest BCUT2D eigenvalue weighted by molar-refractivity contribution is 5.27. The van der Waals surface area contributed by atoms with Gasteiger partial charge in [-0.3, -0.25) is 0 Å². The largest absolute Gasteiger partial charge is 0.316 e. The summed E-state index contributed by atoms with van der Waals surface area (Å²) in [4.78, 5) is 0. The summed E-state index contributed by atoms with van der Waals surface area (Å²) in [5, 5.41) is 3.45. The zero-order valence-electron chi connectivity index (χ0n) is 12.3. The Labute approximate surface area is 111 Å². The maximum Gasteiger partial charge on any atom is 0.123 e. The molecular weight excluding hydrogens is 225 g/mol. The van der Waals surface area contributed by atoms with E-state index in [1.165, 1.54) is 5.56 Å². The molecule has 0 saturated heterocycles. The van der Waals surface area contributed by atoms with E-state index in [4.69, 9.17) is 0 Å². The summed E-state index contributed by atoms with van der Waals surface area (Å²) < 4.78 is 13.1. The molecule has 0 aliphatic heterocycles. The molecule has 1 aromatic carbocycles. The molecule has 1 aromatic rings. The SMILES string of the molecule is CCNCC(C)(Cc1ccc(F)cc1C)C(C)C. The van der Waals surface area contributed by atoms with Crippen molar-refractivity contribution in [1.82, 2.24) is 5.32 Å². The Balaban J connectivity index is 2.89. The van der Waals surface area contributed by atoms with E-state index in [2.05, 4.69) is 33.0 Å². The summed E-state index contributed by atoms with van der Waals surface area (Å²) in [5.41, 5.74) is 2.52. The van der Waals surface area contributed by atoms with Gasteiger partial charge < -0.3 is 5.32 Å². The molecule has 0 aliphatic rings. The minimum absolute atomic E-state index is 0.144. The van der Waals surface area contributed by atoms with Crippen LogP contribution in [0.1, 0.15) is 38.8 Å². The first kappa shape index (κ1) is 15.2. The maximum atomic E-state index is 13.1. The third kappa shape index (κ3) is 3.81. The second kappa shape index (κ2) is 6.33. The van der Waals surface area contributed by atoms with Crippen LogP contribution in [0.25, 0.3) is 0 Å². The zero-order valence-corrected chi connectivity index (χ0v) is 12.3. The van der Waals surface area contributed by atoms with Crippen molar-refractivity contribution in [2.45, 2.75) is 41.0 Å². The molecule has 0 bridgehead atoms. The van der Waals surface area contributed by atoms with E-state index in [9.17, 15) is 4.39 Å². The number of rotatable bonds is 6. The number of hydrogen-bond acceptors (Lipinski definition) is 1. The van der Waals surface area contributed by atoms with Crippen LogP contribution in [0.3, 0.4) is 0 Å². The maximum absolute atomic E-state index is 13.1. The van der Waals surface area contributed by atoms with Gasteiger partial charge >= 0.3 is 0 Å². The number of aryl methyl sites for hydroxylation is 1. The van der Waals surface area contributed by atoms with Gasteiger partial charge in [0.15, 0.2) is 0 Å². The van der Waals surface area contributed by atoms with Gasteiger partial charge in [-0.15, -0.1) is 0 Å². The molecule has 0 heterocycles. The number of hydrogen-bond donors (Lipinski definition) is 1. The summed E-state index contributed by atoms with van der Waals surface area (Å²) >= 11 is 0. The Hall–Kier alpha value is -0.890. The summed E-state index contributed by atoms with van der Waals surface area (Å²) in [7, 11) is 0. The second-order valence-corrected chi connectivity index (χ2v) is 5.84. The van der Waals surface area contributed by atoms with Crippen LogP contribution in [0.2, 0.25) is 0 Å². The lowest BCUT2D eigenvalue weighted by Gasteiger charge is -2.35. The lowest BCUT2D eigenvalue weighted by atomic mass is 9.73. The van der Waals surface area contributed by atoms with Crippen molar-refractivity contribution < 1.29 is 4.39 Å². The predicted molar refractivity (Wildman–Crippen MR) is 76.3 cm³/mol. The fourth-order valence-corrected chi connectivity index (χ4v) is 2.17. The second-order valence-electron chi connectivity index (χ2n) is 5.84. The van der Waals surface area contributed by atoms with Gasteiger partial charge in [-0.2, -0.15) is 0 Å². The van der Waals surface area contributed by atoms with Gasteiger partial charge in [0.05, 0.1) is 0 Å². The molecule has 0 aromatic heterocycles. The van der Waals surface area contributed by atoms with Gasteiger partial charge in [0.1, 0.15) is 5.82 Å². The van der Waals surface area contributed by atoms with E-state index in [0.29, 0.717) is 5.92 Å². The quantitative estimate of drug-likeness (QED) is 0.807. The van der Waals surface area contributed by atoms with Gasteiger partial charge in [0.25, 0.3) is 0 Å².